The van der Waals surface area contributed by atoms with Gasteiger partial charge >= 0.3 is 0 Å². The molecular weight excluding hydrogens is 300 g/mol. The average Bonchev–Trinajstić information content (AvgIpc) is 2.87. The summed E-state index contributed by atoms with van der Waals surface area (Å²) < 4.78 is 26.9. The van der Waals surface area contributed by atoms with Crippen molar-refractivity contribution in [2.24, 2.45) is 0 Å². The van der Waals surface area contributed by atoms with Crippen LogP contribution in [0.15, 0.2) is 35.5 Å². The Bertz CT molecular complexity index is 684. The lowest BCUT2D eigenvalue weighted by Gasteiger charge is -2.08. The molecule has 0 atom stereocenters. The Balaban J connectivity index is 2.15. The van der Waals surface area contributed by atoms with Crippen LogP contribution in [0.5, 0.6) is 0 Å². The first-order valence-electron chi connectivity index (χ1n) is 5.94. The molecule has 0 bridgehead atoms. The van der Waals surface area contributed by atoms with Crippen LogP contribution in [-0.2, 0) is 23.1 Å². The summed E-state index contributed by atoms with van der Waals surface area (Å²) in [6, 6.07) is 7.08. The first-order valence-corrected chi connectivity index (χ1v) is 7.80. The van der Waals surface area contributed by atoms with Crippen molar-refractivity contribution >= 4 is 21.6 Å². The van der Waals surface area contributed by atoms with E-state index in [2.05, 4.69) is 20.2 Å². The third-order valence-corrected chi connectivity index (χ3v) is 4.51. The summed E-state index contributed by atoms with van der Waals surface area (Å²) in [5, 5.41) is 9.76. The lowest BCUT2D eigenvalue weighted by Crippen LogP contribution is -2.25. The fourth-order valence-corrected chi connectivity index (χ4v) is 3.07. The van der Waals surface area contributed by atoms with E-state index >= 15 is 0 Å². The van der Waals surface area contributed by atoms with Crippen molar-refractivity contribution in [2.75, 3.05) is 7.05 Å². The summed E-state index contributed by atoms with van der Waals surface area (Å²) in [7, 11) is -1.91. The fraction of sp³-hybridized carbons (Fsp3) is 0.250. The van der Waals surface area contributed by atoms with Crippen LogP contribution in [0.25, 0.3) is 0 Å². The molecular formula is C12H15ClN4O2S. The predicted molar refractivity (Wildman–Crippen MR) is 76.8 cm³/mol. The van der Waals surface area contributed by atoms with Crippen molar-refractivity contribution in [3.8, 4) is 0 Å². The lowest BCUT2D eigenvalue weighted by molar-refractivity contribution is 0.575. The van der Waals surface area contributed by atoms with Crippen molar-refractivity contribution in [1.82, 2.24) is 20.2 Å². The highest BCUT2D eigenvalue weighted by Crippen LogP contribution is 2.16. The van der Waals surface area contributed by atoms with E-state index in [0.29, 0.717) is 22.7 Å². The van der Waals surface area contributed by atoms with E-state index in [9.17, 15) is 8.42 Å². The quantitative estimate of drug-likeness (QED) is 0.749. The molecule has 20 heavy (non-hydrogen) atoms. The molecule has 0 saturated heterocycles. The normalized spacial score (nSPS) is 11.7. The molecule has 0 aliphatic heterocycles. The zero-order valence-corrected chi connectivity index (χ0v) is 12.4. The highest BCUT2D eigenvalue weighted by molar-refractivity contribution is 7.89. The van der Waals surface area contributed by atoms with Gasteiger partial charge in [0, 0.05) is 23.7 Å². The van der Waals surface area contributed by atoms with Gasteiger partial charge in [-0.2, -0.15) is 5.10 Å². The van der Waals surface area contributed by atoms with E-state index in [0.717, 1.165) is 0 Å². The molecule has 0 saturated carbocycles. The zero-order valence-electron chi connectivity index (χ0n) is 10.9. The summed E-state index contributed by atoms with van der Waals surface area (Å²) in [6.07, 6.45) is 1.49. The number of H-pyrrole nitrogens is 1. The van der Waals surface area contributed by atoms with Gasteiger partial charge in [0.2, 0.25) is 0 Å². The smallest absolute Gasteiger partial charge is 0.258 e. The summed E-state index contributed by atoms with van der Waals surface area (Å²) in [6.45, 7) is 0.541. The maximum absolute atomic E-state index is 12.2. The topological polar surface area (TPSA) is 86.9 Å². The minimum Gasteiger partial charge on any atom is -0.316 e. The van der Waals surface area contributed by atoms with E-state index < -0.39 is 10.0 Å². The monoisotopic (exact) mass is 314 g/mol. The van der Waals surface area contributed by atoms with Gasteiger partial charge in [-0.25, -0.2) is 13.1 Å². The SMILES string of the molecule is CNCc1cn[nH]c1S(=O)(=O)NCc1ccccc1Cl. The molecule has 1 aromatic carbocycles. The molecule has 0 fully saturated rings. The first kappa shape index (κ1) is 15.0. The molecule has 6 nitrogen and oxygen atoms in total. The summed E-state index contributed by atoms with van der Waals surface area (Å²) in [5.41, 5.74) is 1.30. The number of halogens is 1. The third-order valence-electron chi connectivity index (χ3n) is 2.72. The minimum atomic E-state index is -3.65. The first-order chi connectivity index (χ1) is 9.54. The van der Waals surface area contributed by atoms with Crippen LogP contribution >= 0.6 is 11.6 Å². The van der Waals surface area contributed by atoms with Gasteiger partial charge in [0.25, 0.3) is 10.0 Å². The van der Waals surface area contributed by atoms with Crippen molar-refractivity contribution in [3.63, 3.8) is 0 Å². The largest absolute Gasteiger partial charge is 0.316 e. The Hall–Kier alpha value is -1.41. The van der Waals surface area contributed by atoms with Gasteiger partial charge in [-0.05, 0) is 18.7 Å². The number of aromatic amines is 1. The molecule has 0 unspecified atom stereocenters. The molecule has 2 aromatic rings. The Labute approximate surface area is 122 Å². The Morgan fingerprint density at radius 3 is 2.70 bits per heavy atom. The summed E-state index contributed by atoms with van der Waals surface area (Å²) in [5.74, 6) is 0. The second-order valence-electron chi connectivity index (χ2n) is 4.17. The van der Waals surface area contributed by atoms with Gasteiger partial charge in [-0.3, -0.25) is 5.10 Å². The standard InChI is InChI=1S/C12H15ClN4O2S/c1-14-6-10-7-15-17-12(10)20(18,19)16-8-9-4-2-3-5-11(9)13/h2-5,7,14,16H,6,8H2,1H3,(H,15,17). The molecule has 0 radical (unpaired) electrons. The lowest BCUT2D eigenvalue weighted by atomic mass is 10.2. The number of rotatable bonds is 6. The number of hydrogen-bond acceptors (Lipinski definition) is 4. The second-order valence-corrected chi connectivity index (χ2v) is 6.28. The molecule has 108 valence electrons. The molecule has 3 N–H and O–H groups in total. The molecule has 1 heterocycles. The highest BCUT2D eigenvalue weighted by Gasteiger charge is 2.20. The molecule has 1 aromatic heterocycles. The van der Waals surface area contributed by atoms with Gasteiger partial charge in [0.05, 0.1) is 6.20 Å². The number of benzene rings is 1. The van der Waals surface area contributed by atoms with Gasteiger partial charge in [-0.15, -0.1) is 0 Å². The van der Waals surface area contributed by atoms with Crippen LogP contribution in [0, 0.1) is 0 Å². The maximum atomic E-state index is 12.2. The molecule has 0 aliphatic carbocycles. The molecule has 8 heteroatoms. The van der Waals surface area contributed by atoms with Crippen molar-refractivity contribution in [3.05, 3.63) is 46.6 Å². The Kier molecular flexibility index (Phi) is 4.77. The van der Waals surface area contributed by atoms with Crippen molar-refractivity contribution < 1.29 is 8.42 Å². The van der Waals surface area contributed by atoms with Gasteiger partial charge < -0.3 is 5.32 Å². The number of sulfonamides is 1. The predicted octanol–water partition coefficient (Wildman–Crippen LogP) is 1.26. The fourth-order valence-electron chi connectivity index (χ4n) is 1.73. The molecule has 0 amide bonds. The summed E-state index contributed by atoms with van der Waals surface area (Å²) in [4.78, 5) is 0. The van der Waals surface area contributed by atoms with E-state index in [1.165, 1.54) is 6.20 Å². The van der Waals surface area contributed by atoms with E-state index in [4.69, 9.17) is 11.6 Å². The van der Waals surface area contributed by atoms with Crippen LogP contribution in [-0.4, -0.2) is 25.7 Å². The Morgan fingerprint density at radius 1 is 1.25 bits per heavy atom. The molecule has 0 aliphatic rings. The summed E-state index contributed by atoms with van der Waals surface area (Å²) >= 11 is 5.99. The van der Waals surface area contributed by atoms with Crippen LogP contribution in [0.4, 0.5) is 0 Å². The number of hydrogen-bond donors (Lipinski definition) is 3. The second kappa shape index (κ2) is 6.36. The highest BCUT2D eigenvalue weighted by atomic mass is 35.5. The van der Waals surface area contributed by atoms with Gasteiger partial charge in [-0.1, -0.05) is 29.8 Å². The average molecular weight is 315 g/mol. The van der Waals surface area contributed by atoms with Crippen molar-refractivity contribution in [2.45, 2.75) is 18.1 Å². The van der Waals surface area contributed by atoms with Crippen LogP contribution in [0.1, 0.15) is 11.1 Å². The van der Waals surface area contributed by atoms with E-state index in [1.54, 1.807) is 31.3 Å². The van der Waals surface area contributed by atoms with Crippen molar-refractivity contribution in [1.29, 1.82) is 0 Å². The molecule has 2 rings (SSSR count). The van der Waals surface area contributed by atoms with Crippen LogP contribution < -0.4 is 10.0 Å². The van der Waals surface area contributed by atoms with Crippen LogP contribution in [0.2, 0.25) is 5.02 Å². The van der Waals surface area contributed by atoms with E-state index in [1.807, 2.05) is 0 Å². The maximum Gasteiger partial charge on any atom is 0.258 e. The zero-order chi connectivity index (χ0) is 14.6. The number of nitrogens with zero attached hydrogens (tertiary/aromatic N) is 1. The number of aromatic nitrogens is 2. The number of nitrogens with one attached hydrogen (secondary N) is 3. The minimum absolute atomic E-state index is 0.0684. The van der Waals surface area contributed by atoms with E-state index in [-0.39, 0.29) is 11.6 Å². The molecule has 0 spiro atoms. The van der Waals surface area contributed by atoms with Gasteiger partial charge in [0.15, 0.2) is 5.03 Å². The third kappa shape index (κ3) is 3.37. The van der Waals surface area contributed by atoms with Gasteiger partial charge in [0.1, 0.15) is 0 Å². The Morgan fingerprint density at radius 2 is 2.00 bits per heavy atom. The van der Waals surface area contributed by atoms with Crippen LogP contribution in [0.3, 0.4) is 0 Å².